The van der Waals surface area contributed by atoms with Gasteiger partial charge in [0.2, 0.25) is 0 Å². The van der Waals surface area contributed by atoms with E-state index in [1.165, 1.54) is 31.2 Å². The Morgan fingerprint density at radius 2 is 2.00 bits per heavy atom. The van der Waals surface area contributed by atoms with Crippen LogP contribution in [-0.4, -0.2) is 26.3 Å². The minimum absolute atomic E-state index is 0.357. The van der Waals surface area contributed by atoms with Crippen LogP contribution in [0.25, 0.3) is 0 Å². The lowest BCUT2D eigenvalue weighted by atomic mass is 9.89. The molecule has 0 saturated heterocycles. The summed E-state index contributed by atoms with van der Waals surface area (Å²) in [6.07, 6.45) is 7.28. The quantitative estimate of drug-likeness (QED) is 0.774. The van der Waals surface area contributed by atoms with Gasteiger partial charge >= 0.3 is 0 Å². The molecule has 2 atom stereocenters. The summed E-state index contributed by atoms with van der Waals surface area (Å²) in [6.45, 7) is 3.74. The van der Waals surface area contributed by atoms with E-state index < -0.39 is 0 Å². The van der Waals surface area contributed by atoms with Gasteiger partial charge < -0.3 is 15.8 Å². The van der Waals surface area contributed by atoms with E-state index in [2.05, 4.69) is 30.4 Å². The molecule has 1 aromatic carbocycles. The predicted octanol–water partition coefficient (Wildman–Crippen LogP) is 2.97. The topological polar surface area (TPSA) is 47.3 Å². The largest absolute Gasteiger partial charge is 0.383 e. The van der Waals surface area contributed by atoms with E-state index in [0.717, 1.165) is 26.0 Å². The van der Waals surface area contributed by atoms with Gasteiger partial charge in [-0.1, -0.05) is 18.2 Å². The molecular formula is C18H30N2O. The van der Waals surface area contributed by atoms with Gasteiger partial charge in [-0.15, -0.1) is 0 Å². The molecular weight excluding hydrogens is 260 g/mol. The third kappa shape index (κ3) is 4.80. The summed E-state index contributed by atoms with van der Waals surface area (Å²) in [4.78, 5) is 0. The molecule has 3 nitrogen and oxygen atoms in total. The molecule has 2 unspecified atom stereocenters. The van der Waals surface area contributed by atoms with E-state index in [-0.39, 0.29) is 0 Å². The first-order valence-corrected chi connectivity index (χ1v) is 8.31. The Kier molecular flexibility index (Phi) is 6.68. The lowest BCUT2D eigenvalue weighted by Crippen LogP contribution is -2.35. The SMILES string of the molecule is COCC(CCCN)NC(C)c1ccc2c(c1)CCCC2. The molecule has 2 rings (SSSR count). The number of hydrogen-bond donors (Lipinski definition) is 2. The molecule has 0 spiro atoms. The van der Waals surface area contributed by atoms with Crippen LogP contribution in [0.5, 0.6) is 0 Å². The van der Waals surface area contributed by atoms with Crippen LogP contribution in [0.1, 0.15) is 55.3 Å². The Bertz CT molecular complexity index is 433. The Balaban J connectivity index is 1.99. The lowest BCUT2D eigenvalue weighted by molar-refractivity contribution is 0.156. The van der Waals surface area contributed by atoms with Crippen LogP contribution < -0.4 is 11.1 Å². The molecule has 1 aliphatic carbocycles. The maximum absolute atomic E-state index is 5.62. The highest BCUT2D eigenvalue weighted by molar-refractivity contribution is 5.35. The van der Waals surface area contributed by atoms with E-state index in [4.69, 9.17) is 10.5 Å². The summed E-state index contributed by atoms with van der Waals surface area (Å²) in [7, 11) is 1.76. The van der Waals surface area contributed by atoms with Gasteiger partial charge in [0, 0.05) is 19.2 Å². The van der Waals surface area contributed by atoms with Crippen LogP contribution >= 0.6 is 0 Å². The number of benzene rings is 1. The summed E-state index contributed by atoms with van der Waals surface area (Å²) >= 11 is 0. The van der Waals surface area contributed by atoms with Crippen LogP contribution in [0.3, 0.4) is 0 Å². The Hall–Kier alpha value is -0.900. The molecule has 118 valence electrons. The highest BCUT2D eigenvalue weighted by Crippen LogP contribution is 2.25. The second kappa shape index (κ2) is 8.52. The van der Waals surface area contributed by atoms with Crippen LogP contribution in [0.4, 0.5) is 0 Å². The number of rotatable bonds is 8. The Morgan fingerprint density at radius 3 is 2.71 bits per heavy atom. The maximum atomic E-state index is 5.62. The van der Waals surface area contributed by atoms with Crippen molar-refractivity contribution in [2.75, 3.05) is 20.3 Å². The normalized spacial score (nSPS) is 17.3. The van der Waals surface area contributed by atoms with E-state index in [9.17, 15) is 0 Å². The summed E-state index contributed by atoms with van der Waals surface area (Å²) < 4.78 is 5.33. The molecule has 0 saturated carbocycles. The zero-order chi connectivity index (χ0) is 15.1. The molecule has 0 radical (unpaired) electrons. The summed E-state index contributed by atoms with van der Waals surface area (Å²) in [5, 5.41) is 3.70. The van der Waals surface area contributed by atoms with Crippen molar-refractivity contribution in [1.82, 2.24) is 5.32 Å². The fourth-order valence-corrected chi connectivity index (χ4v) is 3.25. The fourth-order valence-electron chi connectivity index (χ4n) is 3.25. The molecule has 0 heterocycles. The van der Waals surface area contributed by atoms with E-state index in [0.29, 0.717) is 12.1 Å². The molecule has 3 N–H and O–H groups in total. The highest BCUT2D eigenvalue weighted by atomic mass is 16.5. The first kappa shape index (κ1) is 16.5. The molecule has 1 aliphatic rings. The minimum Gasteiger partial charge on any atom is -0.383 e. The van der Waals surface area contributed by atoms with Crippen LogP contribution in [-0.2, 0) is 17.6 Å². The monoisotopic (exact) mass is 290 g/mol. The molecule has 3 heteroatoms. The molecule has 0 aromatic heterocycles. The first-order chi connectivity index (χ1) is 10.2. The average Bonchev–Trinajstić information content (AvgIpc) is 2.52. The van der Waals surface area contributed by atoms with Gasteiger partial charge in [0.05, 0.1) is 6.61 Å². The van der Waals surface area contributed by atoms with E-state index >= 15 is 0 Å². The molecule has 1 aromatic rings. The lowest BCUT2D eigenvalue weighted by Gasteiger charge is -2.25. The molecule has 21 heavy (non-hydrogen) atoms. The van der Waals surface area contributed by atoms with Gasteiger partial charge in [-0.2, -0.15) is 0 Å². The number of fused-ring (bicyclic) bond motifs is 1. The smallest absolute Gasteiger partial charge is 0.0616 e. The Labute approximate surface area is 129 Å². The van der Waals surface area contributed by atoms with Crippen molar-refractivity contribution in [1.29, 1.82) is 0 Å². The van der Waals surface area contributed by atoms with Gasteiger partial charge in [0.25, 0.3) is 0 Å². The van der Waals surface area contributed by atoms with Gasteiger partial charge in [-0.3, -0.25) is 0 Å². The van der Waals surface area contributed by atoms with Crippen molar-refractivity contribution in [3.63, 3.8) is 0 Å². The van der Waals surface area contributed by atoms with Gasteiger partial charge in [0.1, 0.15) is 0 Å². The third-order valence-electron chi connectivity index (χ3n) is 4.48. The van der Waals surface area contributed by atoms with E-state index in [1.807, 2.05) is 0 Å². The van der Waals surface area contributed by atoms with Crippen molar-refractivity contribution >= 4 is 0 Å². The zero-order valence-corrected chi connectivity index (χ0v) is 13.5. The van der Waals surface area contributed by atoms with Crippen LogP contribution in [0.2, 0.25) is 0 Å². The standard InChI is InChI=1S/C18H30N2O/c1-14(20-18(13-21-2)8-5-11-19)16-10-9-15-6-3-4-7-17(15)12-16/h9-10,12,14,18,20H,3-8,11,13,19H2,1-2H3. The number of nitrogens with two attached hydrogens (primary N) is 1. The third-order valence-corrected chi connectivity index (χ3v) is 4.48. The number of nitrogens with one attached hydrogen (secondary N) is 1. The predicted molar refractivity (Wildman–Crippen MR) is 88.6 cm³/mol. The number of hydrogen-bond acceptors (Lipinski definition) is 3. The van der Waals surface area contributed by atoms with Crippen molar-refractivity contribution in [2.24, 2.45) is 5.73 Å². The number of methoxy groups -OCH3 is 1. The first-order valence-electron chi connectivity index (χ1n) is 8.31. The van der Waals surface area contributed by atoms with E-state index in [1.54, 1.807) is 18.2 Å². The second-order valence-electron chi connectivity index (χ2n) is 6.21. The van der Waals surface area contributed by atoms with Gasteiger partial charge in [-0.25, -0.2) is 0 Å². The highest BCUT2D eigenvalue weighted by Gasteiger charge is 2.15. The molecule has 0 bridgehead atoms. The number of aryl methyl sites for hydroxylation is 2. The van der Waals surface area contributed by atoms with Crippen molar-refractivity contribution in [2.45, 2.75) is 57.5 Å². The van der Waals surface area contributed by atoms with Crippen LogP contribution in [0.15, 0.2) is 18.2 Å². The van der Waals surface area contributed by atoms with Crippen molar-refractivity contribution < 1.29 is 4.74 Å². The summed E-state index contributed by atoms with van der Waals surface area (Å²) in [5.74, 6) is 0. The Morgan fingerprint density at radius 1 is 1.24 bits per heavy atom. The second-order valence-corrected chi connectivity index (χ2v) is 6.21. The summed E-state index contributed by atoms with van der Waals surface area (Å²) in [6, 6.07) is 7.75. The minimum atomic E-state index is 0.357. The molecule has 0 aliphatic heterocycles. The molecule has 0 amide bonds. The fraction of sp³-hybridized carbons (Fsp3) is 0.667. The average molecular weight is 290 g/mol. The van der Waals surface area contributed by atoms with Crippen LogP contribution in [0, 0.1) is 0 Å². The molecule has 0 fully saturated rings. The summed E-state index contributed by atoms with van der Waals surface area (Å²) in [5.41, 5.74) is 10.1. The zero-order valence-electron chi connectivity index (χ0n) is 13.5. The van der Waals surface area contributed by atoms with Gasteiger partial charge in [-0.05, 0) is 68.7 Å². The van der Waals surface area contributed by atoms with Gasteiger partial charge in [0.15, 0.2) is 0 Å². The van der Waals surface area contributed by atoms with Crippen molar-refractivity contribution in [3.05, 3.63) is 34.9 Å². The van der Waals surface area contributed by atoms with Crippen molar-refractivity contribution in [3.8, 4) is 0 Å². The maximum Gasteiger partial charge on any atom is 0.0616 e. The number of ether oxygens (including phenoxy) is 1.